The predicted octanol–water partition coefficient (Wildman–Crippen LogP) is 1.66. The summed E-state index contributed by atoms with van der Waals surface area (Å²) in [6, 6.07) is 7.27. The lowest BCUT2D eigenvalue weighted by Crippen LogP contribution is -2.46. The van der Waals surface area contributed by atoms with Gasteiger partial charge in [0.15, 0.2) is 0 Å². The molecule has 1 aromatic rings. The first-order valence-corrected chi connectivity index (χ1v) is 8.70. The lowest BCUT2D eigenvalue weighted by molar-refractivity contribution is 0.247. The average molecular weight is 342 g/mol. The summed E-state index contributed by atoms with van der Waals surface area (Å²) >= 11 is 0. The third-order valence-corrected chi connectivity index (χ3v) is 6.44. The third kappa shape index (κ3) is 2.99. The number of fused-ring (bicyclic) bond motifs is 1. The molecular weight excluding hydrogens is 322 g/mol. The first-order chi connectivity index (χ1) is 10.0. The number of nitrogens with one attached hydrogen (secondary N) is 1. The number of aryl methyl sites for hydroxylation is 1. The number of nitriles is 1. The van der Waals surface area contributed by atoms with Crippen LogP contribution in [0, 0.1) is 24.2 Å². The number of nitrogens with zero attached hydrogens (tertiary/aromatic N) is 2. The summed E-state index contributed by atoms with van der Waals surface area (Å²) in [6.45, 7) is 3.92. The van der Waals surface area contributed by atoms with Crippen molar-refractivity contribution in [1.82, 2.24) is 9.62 Å². The van der Waals surface area contributed by atoms with E-state index in [4.69, 9.17) is 5.26 Å². The van der Waals surface area contributed by atoms with Crippen molar-refractivity contribution >= 4 is 22.4 Å². The Balaban J connectivity index is 0.00000176. The summed E-state index contributed by atoms with van der Waals surface area (Å²) < 4.78 is 27.1. The minimum absolute atomic E-state index is 0. The molecule has 0 aromatic heterocycles. The number of halogens is 1. The van der Waals surface area contributed by atoms with Crippen LogP contribution in [0.2, 0.25) is 0 Å². The van der Waals surface area contributed by atoms with E-state index in [1.807, 2.05) is 0 Å². The van der Waals surface area contributed by atoms with Gasteiger partial charge in [0, 0.05) is 19.1 Å². The lowest BCUT2D eigenvalue weighted by Gasteiger charge is -2.34. The molecule has 120 valence electrons. The van der Waals surface area contributed by atoms with Gasteiger partial charge in [-0.2, -0.15) is 9.57 Å². The molecule has 1 aromatic carbocycles. The molecule has 0 saturated carbocycles. The molecule has 0 amide bonds. The van der Waals surface area contributed by atoms with Crippen LogP contribution in [-0.4, -0.2) is 38.4 Å². The van der Waals surface area contributed by atoms with E-state index in [1.165, 1.54) is 0 Å². The second-order valence-corrected chi connectivity index (χ2v) is 7.79. The maximum absolute atomic E-state index is 12.8. The van der Waals surface area contributed by atoms with Gasteiger partial charge in [0.2, 0.25) is 10.0 Å². The molecule has 2 unspecified atom stereocenters. The van der Waals surface area contributed by atoms with Crippen LogP contribution in [0.5, 0.6) is 0 Å². The summed E-state index contributed by atoms with van der Waals surface area (Å²) in [6.07, 6.45) is 1.92. The molecule has 2 atom stereocenters. The van der Waals surface area contributed by atoms with Crippen molar-refractivity contribution in [2.75, 3.05) is 19.6 Å². The monoisotopic (exact) mass is 341 g/mol. The van der Waals surface area contributed by atoms with Crippen LogP contribution in [-0.2, 0) is 10.0 Å². The van der Waals surface area contributed by atoms with Crippen LogP contribution in [0.3, 0.4) is 0 Å². The second-order valence-electron chi connectivity index (χ2n) is 5.85. The van der Waals surface area contributed by atoms with Gasteiger partial charge in [-0.05, 0) is 56.0 Å². The molecule has 2 aliphatic rings. The second kappa shape index (κ2) is 6.55. The number of benzene rings is 1. The number of rotatable bonds is 2. The fourth-order valence-corrected chi connectivity index (χ4v) is 4.90. The molecule has 0 spiro atoms. The van der Waals surface area contributed by atoms with Gasteiger partial charge in [0.25, 0.3) is 0 Å². The lowest BCUT2D eigenvalue weighted by atomic mass is 9.95. The molecular formula is C15H20ClN3O2S. The van der Waals surface area contributed by atoms with E-state index < -0.39 is 10.0 Å². The number of hydrogen-bond donors (Lipinski definition) is 1. The summed E-state index contributed by atoms with van der Waals surface area (Å²) in [4.78, 5) is 0.295. The van der Waals surface area contributed by atoms with E-state index >= 15 is 0 Å². The smallest absolute Gasteiger partial charge is 0.243 e. The standard InChI is InChI=1S/C15H19N3O2S.ClH/c1-11-8-14(3-2-12(11)9-16)21(19,20)18-7-5-15-13(10-18)4-6-17-15;/h2-3,8,13,15,17H,4-7,10H2,1H3;1H. The molecule has 5 nitrogen and oxygen atoms in total. The van der Waals surface area contributed by atoms with Gasteiger partial charge in [0.05, 0.1) is 16.5 Å². The molecule has 22 heavy (non-hydrogen) atoms. The van der Waals surface area contributed by atoms with Gasteiger partial charge in [-0.15, -0.1) is 12.4 Å². The van der Waals surface area contributed by atoms with Gasteiger partial charge in [-0.25, -0.2) is 8.42 Å². The van der Waals surface area contributed by atoms with E-state index in [-0.39, 0.29) is 12.4 Å². The van der Waals surface area contributed by atoms with E-state index in [9.17, 15) is 8.42 Å². The van der Waals surface area contributed by atoms with Crippen molar-refractivity contribution in [2.24, 2.45) is 5.92 Å². The Bertz CT molecular complexity index is 699. The zero-order valence-electron chi connectivity index (χ0n) is 12.4. The highest BCUT2D eigenvalue weighted by Crippen LogP contribution is 2.29. The molecule has 0 radical (unpaired) electrons. The molecule has 2 heterocycles. The van der Waals surface area contributed by atoms with Crippen molar-refractivity contribution in [3.8, 4) is 6.07 Å². The highest BCUT2D eigenvalue weighted by atomic mass is 35.5. The Morgan fingerprint density at radius 1 is 1.36 bits per heavy atom. The normalized spacial score (nSPS) is 25.1. The summed E-state index contributed by atoms with van der Waals surface area (Å²) in [7, 11) is -3.45. The average Bonchev–Trinajstić information content (AvgIpc) is 2.94. The maximum Gasteiger partial charge on any atom is 0.243 e. The molecule has 3 rings (SSSR count). The first kappa shape index (κ1) is 17.2. The Labute approximate surface area is 137 Å². The Kier molecular flexibility index (Phi) is 5.13. The van der Waals surface area contributed by atoms with E-state index in [0.29, 0.717) is 41.1 Å². The Morgan fingerprint density at radius 2 is 2.14 bits per heavy atom. The van der Waals surface area contributed by atoms with Crippen LogP contribution in [0.15, 0.2) is 23.1 Å². The largest absolute Gasteiger partial charge is 0.314 e. The third-order valence-electron chi connectivity index (χ3n) is 4.57. The Morgan fingerprint density at radius 3 is 2.82 bits per heavy atom. The van der Waals surface area contributed by atoms with Gasteiger partial charge >= 0.3 is 0 Å². The van der Waals surface area contributed by atoms with Gasteiger partial charge < -0.3 is 5.32 Å². The van der Waals surface area contributed by atoms with Crippen LogP contribution >= 0.6 is 12.4 Å². The topological polar surface area (TPSA) is 73.2 Å². The number of piperidine rings is 1. The maximum atomic E-state index is 12.8. The van der Waals surface area contributed by atoms with Crippen LogP contribution in [0.4, 0.5) is 0 Å². The van der Waals surface area contributed by atoms with E-state index in [0.717, 1.165) is 19.4 Å². The summed E-state index contributed by atoms with van der Waals surface area (Å²) in [5, 5.41) is 12.4. The highest BCUT2D eigenvalue weighted by molar-refractivity contribution is 7.89. The molecule has 7 heteroatoms. The Hall–Kier alpha value is -1.13. The zero-order chi connectivity index (χ0) is 15.0. The quantitative estimate of drug-likeness (QED) is 0.888. The minimum Gasteiger partial charge on any atom is -0.314 e. The van der Waals surface area contributed by atoms with Crippen molar-refractivity contribution in [3.05, 3.63) is 29.3 Å². The molecule has 1 N–H and O–H groups in total. The summed E-state index contributed by atoms with van der Waals surface area (Å²) in [5.74, 6) is 0.424. The van der Waals surface area contributed by atoms with Gasteiger partial charge in [-0.3, -0.25) is 0 Å². The van der Waals surface area contributed by atoms with Gasteiger partial charge in [-0.1, -0.05) is 0 Å². The molecule has 2 fully saturated rings. The molecule has 0 bridgehead atoms. The minimum atomic E-state index is -3.45. The zero-order valence-corrected chi connectivity index (χ0v) is 14.1. The number of hydrogen-bond acceptors (Lipinski definition) is 4. The fraction of sp³-hybridized carbons (Fsp3) is 0.533. The highest BCUT2D eigenvalue weighted by Gasteiger charge is 2.37. The van der Waals surface area contributed by atoms with Crippen LogP contribution < -0.4 is 5.32 Å². The molecule has 2 aliphatic heterocycles. The van der Waals surface area contributed by atoms with E-state index in [2.05, 4.69) is 11.4 Å². The van der Waals surface area contributed by atoms with Crippen molar-refractivity contribution in [1.29, 1.82) is 5.26 Å². The van der Waals surface area contributed by atoms with Crippen molar-refractivity contribution in [3.63, 3.8) is 0 Å². The summed E-state index contributed by atoms with van der Waals surface area (Å²) in [5.41, 5.74) is 1.23. The van der Waals surface area contributed by atoms with Crippen molar-refractivity contribution in [2.45, 2.75) is 30.7 Å². The van der Waals surface area contributed by atoms with Crippen LogP contribution in [0.25, 0.3) is 0 Å². The first-order valence-electron chi connectivity index (χ1n) is 7.26. The van der Waals surface area contributed by atoms with E-state index in [1.54, 1.807) is 29.4 Å². The van der Waals surface area contributed by atoms with Gasteiger partial charge in [0.1, 0.15) is 0 Å². The molecule has 0 aliphatic carbocycles. The van der Waals surface area contributed by atoms with Crippen LogP contribution in [0.1, 0.15) is 24.0 Å². The molecule has 2 saturated heterocycles. The SMILES string of the molecule is Cc1cc(S(=O)(=O)N2CCC3NCCC3C2)ccc1C#N.Cl. The number of sulfonamides is 1. The van der Waals surface area contributed by atoms with Crippen molar-refractivity contribution < 1.29 is 8.42 Å². The predicted molar refractivity (Wildman–Crippen MR) is 86.4 cm³/mol. The fourth-order valence-electron chi connectivity index (χ4n) is 3.30.